The molecule has 0 nitrogen and oxygen atoms in total. The lowest BCUT2D eigenvalue weighted by molar-refractivity contribution is -0.367. The number of rotatable bonds is 13. The van der Waals surface area contributed by atoms with Crippen LogP contribution in [0, 0.1) is 0 Å². The predicted octanol–water partition coefficient (Wildman–Crippen LogP) is 8.30. The zero-order valence-corrected chi connectivity index (χ0v) is 18.9. The summed E-state index contributed by atoms with van der Waals surface area (Å²) in [5.41, 5.74) is 0. The average Bonchev–Trinajstić information content (AvgIpc) is 2.49. The molecule has 0 amide bonds. The van der Waals surface area contributed by atoms with E-state index in [1.807, 2.05) is 0 Å². The predicted molar refractivity (Wildman–Crippen MR) is 104 cm³/mol. The Morgan fingerprint density at radius 1 is 0.615 bits per heavy atom. The monoisotopic (exact) mass is 622 g/mol. The molecule has 0 radical (unpaired) electrons. The fourth-order valence-electron chi connectivity index (χ4n) is 2.33. The van der Waals surface area contributed by atoms with E-state index in [-0.39, 0.29) is 12.8 Å². The summed E-state index contributed by atoms with van der Waals surface area (Å²) in [5, 5.41) is 0. The number of hydrogen-bond acceptors (Lipinski definition) is 0. The van der Waals surface area contributed by atoms with Crippen molar-refractivity contribution >= 4 is 45.2 Å². The molecular weight excluding hydrogens is 598 g/mol. The molecule has 2 atom stereocenters. The summed E-state index contributed by atoms with van der Waals surface area (Å²) in [6, 6.07) is 0. The maximum Gasteiger partial charge on any atom is 0.378 e. The van der Waals surface area contributed by atoms with Crippen molar-refractivity contribution in [3.63, 3.8) is 0 Å². The first-order chi connectivity index (χ1) is 11.7. The van der Waals surface area contributed by atoms with Gasteiger partial charge in [-0.3, -0.25) is 0 Å². The maximum absolute atomic E-state index is 13.9. The molecule has 2 unspecified atom stereocenters. The molecule has 0 aromatic heterocycles. The zero-order valence-electron chi connectivity index (χ0n) is 14.6. The topological polar surface area (TPSA) is 0 Å². The Labute approximate surface area is 176 Å². The summed E-state index contributed by atoms with van der Waals surface area (Å²) in [5.74, 6) is -22.7. The smallest absolute Gasteiger partial charge is 0.200 e. The lowest BCUT2D eigenvalue weighted by Crippen LogP contribution is -2.62. The van der Waals surface area contributed by atoms with Gasteiger partial charge >= 0.3 is 23.7 Å². The fraction of sp³-hybridized carbons (Fsp3) is 1.00. The van der Waals surface area contributed by atoms with Crippen molar-refractivity contribution in [2.24, 2.45) is 0 Å². The maximum atomic E-state index is 13.9. The third kappa shape index (κ3) is 6.75. The highest BCUT2D eigenvalue weighted by atomic mass is 127. The minimum absolute atomic E-state index is 0.123. The molecule has 0 spiro atoms. The van der Waals surface area contributed by atoms with Crippen molar-refractivity contribution in [3.8, 4) is 0 Å². The number of hydrogen-bond donors (Lipinski definition) is 0. The molecule has 0 aliphatic rings. The summed E-state index contributed by atoms with van der Waals surface area (Å²) in [6.45, 7) is 3.51. The van der Waals surface area contributed by atoms with Gasteiger partial charge in [0.2, 0.25) is 0 Å². The van der Waals surface area contributed by atoms with Crippen LogP contribution in [-0.2, 0) is 0 Å². The van der Waals surface area contributed by atoms with Gasteiger partial charge in [-0.2, -0.15) is 35.1 Å². The van der Waals surface area contributed by atoms with E-state index >= 15 is 0 Å². The fourth-order valence-corrected chi connectivity index (χ4v) is 4.31. The van der Waals surface area contributed by atoms with E-state index in [1.54, 1.807) is 13.8 Å². The Kier molecular flexibility index (Phi) is 11.0. The number of alkyl halides is 10. The summed E-state index contributed by atoms with van der Waals surface area (Å²) >= 11 is 2.93. The minimum atomic E-state index is -6.14. The highest BCUT2D eigenvalue weighted by Crippen LogP contribution is 2.56. The molecule has 10 heteroatoms. The SMILES string of the molecule is CCCCC(I)CC(F)(F)C(F)(F)C(F)(F)C(F)(F)CC(I)CCCC. The van der Waals surface area contributed by atoms with Gasteiger partial charge in [-0.05, 0) is 12.8 Å². The standard InChI is InChI=1S/C16H24F8I2/c1-3-5-7-11(25)9-13(17,18)15(21,22)16(23,24)14(19,20)10-12(26)8-6-4-2/h11-12H,3-10H2,1-2H3. The van der Waals surface area contributed by atoms with Crippen molar-refractivity contribution in [1.82, 2.24) is 0 Å². The average molecular weight is 622 g/mol. The summed E-state index contributed by atoms with van der Waals surface area (Å²) in [4.78, 5) is 0. The molecule has 0 fully saturated rings. The first-order valence-electron chi connectivity index (χ1n) is 8.45. The van der Waals surface area contributed by atoms with Crippen molar-refractivity contribution in [1.29, 1.82) is 0 Å². The molecule has 0 aliphatic heterocycles. The van der Waals surface area contributed by atoms with Crippen LogP contribution in [0.5, 0.6) is 0 Å². The molecule has 0 bridgehead atoms. The second-order valence-electron chi connectivity index (χ2n) is 6.44. The van der Waals surface area contributed by atoms with Gasteiger partial charge in [0.15, 0.2) is 0 Å². The third-order valence-electron chi connectivity index (χ3n) is 4.01. The molecule has 26 heavy (non-hydrogen) atoms. The van der Waals surface area contributed by atoms with E-state index < -0.39 is 44.4 Å². The van der Waals surface area contributed by atoms with Gasteiger partial charge in [0, 0.05) is 20.7 Å². The second kappa shape index (κ2) is 10.6. The Hall–Kier alpha value is 0.900. The molecule has 0 N–H and O–H groups in total. The quantitative estimate of drug-likeness (QED) is 0.110. The molecule has 0 aromatic rings. The molecule has 0 aliphatic carbocycles. The van der Waals surface area contributed by atoms with Crippen LogP contribution in [0.25, 0.3) is 0 Å². The lowest BCUT2D eigenvalue weighted by atomic mass is 9.92. The Morgan fingerprint density at radius 3 is 1.12 bits per heavy atom. The van der Waals surface area contributed by atoms with E-state index in [1.165, 1.54) is 45.2 Å². The van der Waals surface area contributed by atoms with Crippen LogP contribution in [0.3, 0.4) is 0 Å². The summed E-state index contributed by atoms with van der Waals surface area (Å²) in [7, 11) is 0. The Bertz CT molecular complexity index is 377. The number of unbranched alkanes of at least 4 members (excludes halogenated alkanes) is 2. The highest BCUT2D eigenvalue weighted by Gasteiger charge is 2.80. The van der Waals surface area contributed by atoms with Gasteiger partial charge in [-0.25, -0.2) is 0 Å². The molecule has 0 aromatic carbocycles. The molecule has 0 saturated heterocycles. The molecule has 0 saturated carbocycles. The third-order valence-corrected chi connectivity index (χ3v) is 6.14. The van der Waals surface area contributed by atoms with Gasteiger partial charge in [-0.15, -0.1) is 0 Å². The molecular formula is C16H24F8I2. The second-order valence-corrected chi connectivity index (χ2v) is 9.97. The zero-order chi connectivity index (χ0) is 20.8. The van der Waals surface area contributed by atoms with E-state index in [0.29, 0.717) is 25.7 Å². The van der Waals surface area contributed by atoms with E-state index in [9.17, 15) is 35.1 Å². The van der Waals surface area contributed by atoms with Crippen LogP contribution in [0.2, 0.25) is 0 Å². The first kappa shape index (κ1) is 26.9. The van der Waals surface area contributed by atoms with Crippen LogP contribution in [0.4, 0.5) is 35.1 Å². The van der Waals surface area contributed by atoms with Crippen molar-refractivity contribution in [2.75, 3.05) is 0 Å². The van der Waals surface area contributed by atoms with E-state index in [0.717, 1.165) is 0 Å². The number of halogens is 10. The molecule has 0 rings (SSSR count). The first-order valence-corrected chi connectivity index (χ1v) is 10.9. The summed E-state index contributed by atoms with van der Waals surface area (Å²) < 4.78 is 109. The van der Waals surface area contributed by atoms with Gasteiger partial charge in [-0.1, -0.05) is 84.7 Å². The van der Waals surface area contributed by atoms with Gasteiger partial charge in [0.05, 0.1) is 0 Å². The van der Waals surface area contributed by atoms with Crippen molar-refractivity contribution in [3.05, 3.63) is 0 Å². The van der Waals surface area contributed by atoms with Gasteiger partial charge in [0.25, 0.3) is 0 Å². The van der Waals surface area contributed by atoms with Crippen LogP contribution < -0.4 is 0 Å². The van der Waals surface area contributed by atoms with E-state index in [4.69, 9.17) is 0 Å². The Balaban J connectivity index is 5.35. The normalized spacial score (nSPS) is 16.6. The molecule has 158 valence electrons. The largest absolute Gasteiger partial charge is 0.378 e. The van der Waals surface area contributed by atoms with Gasteiger partial charge in [0.1, 0.15) is 0 Å². The highest BCUT2D eigenvalue weighted by molar-refractivity contribution is 14.1. The van der Waals surface area contributed by atoms with Crippen LogP contribution in [0.1, 0.15) is 65.2 Å². The molecule has 0 heterocycles. The summed E-state index contributed by atoms with van der Waals surface area (Å²) in [6.07, 6.45) is -0.763. The van der Waals surface area contributed by atoms with Crippen LogP contribution >= 0.6 is 45.2 Å². The van der Waals surface area contributed by atoms with E-state index in [2.05, 4.69) is 0 Å². The minimum Gasteiger partial charge on any atom is -0.200 e. The lowest BCUT2D eigenvalue weighted by Gasteiger charge is -2.38. The van der Waals surface area contributed by atoms with Crippen molar-refractivity contribution < 1.29 is 35.1 Å². The Morgan fingerprint density at radius 2 is 0.885 bits per heavy atom. The van der Waals surface area contributed by atoms with Gasteiger partial charge < -0.3 is 0 Å². The van der Waals surface area contributed by atoms with Crippen LogP contribution in [0.15, 0.2) is 0 Å². The van der Waals surface area contributed by atoms with Crippen LogP contribution in [-0.4, -0.2) is 31.5 Å². The van der Waals surface area contributed by atoms with Crippen molar-refractivity contribution in [2.45, 2.75) is 96.8 Å².